The Bertz CT molecular complexity index is 1060. The second-order valence-corrected chi connectivity index (χ2v) is 8.52. The molecule has 0 unspecified atom stereocenters. The molecule has 6 nitrogen and oxygen atoms in total. The van der Waals surface area contributed by atoms with Gasteiger partial charge in [0.15, 0.2) is 5.49 Å². The molecule has 1 atom stereocenters. The van der Waals surface area contributed by atoms with Crippen LogP contribution in [-0.2, 0) is 29.9 Å². The lowest BCUT2D eigenvalue weighted by atomic mass is 10.1. The number of carbonyl (C=O) groups excluding carboxylic acids is 1. The van der Waals surface area contributed by atoms with E-state index in [1.54, 1.807) is 0 Å². The van der Waals surface area contributed by atoms with Crippen molar-refractivity contribution in [1.82, 2.24) is 9.36 Å². The van der Waals surface area contributed by atoms with Crippen LogP contribution in [0.1, 0.15) is 54.2 Å². The first-order chi connectivity index (χ1) is 14.6. The van der Waals surface area contributed by atoms with E-state index < -0.39 is 17.6 Å². The first kappa shape index (κ1) is 21.7. The molecule has 0 N–H and O–H groups in total. The van der Waals surface area contributed by atoms with Gasteiger partial charge in [-0.2, -0.15) is 18.2 Å². The number of hydrogen-bond donors (Lipinski definition) is 0. The normalized spacial score (nSPS) is 20.8. The SMILES string of the molecule is COc1ccc(C(F)(F)F)cc1C(=O)N=c1cc(C2(C)CC2)n(C)n1C[C@H]1CCCO1. The van der Waals surface area contributed by atoms with E-state index in [0.29, 0.717) is 18.6 Å². The Labute approximate surface area is 178 Å². The molecule has 1 amide bonds. The molecule has 31 heavy (non-hydrogen) atoms. The van der Waals surface area contributed by atoms with E-state index >= 15 is 0 Å². The Hall–Kier alpha value is -2.55. The molecule has 2 fully saturated rings. The van der Waals surface area contributed by atoms with Crippen LogP contribution in [0.25, 0.3) is 0 Å². The lowest BCUT2D eigenvalue weighted by molar-refractivity contribution is -0.137. The smallest absolute Gasteiger partial charge is 0.416 e. The fourth-order valence-electron chi connectivity index (χ4n) is 4.09. The summed E-state index contributed by atoms with van der Waals surface area (Å²) < 4.78 is 54.3. The first-order valence-electron chi connectivity index (χ1n) is 10.4. The molecule has 168 valence electrons. The highest BCUT2D eigenvalue weighted by atomic mass is 19.4. The van der Waals surface area contributed by atoms with Crippen molar-refractivity contribution in [2.45, 2.75) is 56.8 Å². The third-order valence-corrected chi connectivity index (χ3v) is 6.23. The van der Waals surface area contributed by atoms with E-state index in [9.17, 15) is 18.0 Å². The fourth-order valence-corrected chi connectivity index (χ4v) is 4.09. The zero-order valence-corrected chi connectivity index (χ0v) is 17.8. The maximum absolute atomic E-state index is 13.2. The predicted molar refractivity (Wildman–Crippen MR) is 107 cm³/mol. The van der Waals surface area contributed by atoms with Crippen LogP contribution in [0.3, 0.4) is 0 Å². The van der Waals surface area contributed by atoms with Crippen molar-refractivity contribution in [1.29, 1.82) is 0 Å². The maximum Gasteiger partial charge on any atom is 0.416 e. The topological polar surface area (TPSA) is 57.8 Å². The molecule has 2 heterocycles. The van der Waals surface area contributed by atoms with Crippen LogP contribution >= 0.6 is 0 Å². The molecule has 4 rings (SSSR count). The van der Waals surface area contributed by atoms with Crippen LogP contribution in [0.5, 0.6) is 5.75 Å². The van der Waals surface area contributed by atoms with Crippen molar-refractivity contribution in [3.05, 3.63) is 46.6 Å². The van der Waals surface area contributed by atoms with Crippen molar-refractivity contribution < 1.29 is 27.4 Å². The van der Waals surface area contributed by atoms with Crippen LogP contribution in [0, 0.1) is 0 Å². The van der Waals surface area contributed by atoms with E-state index in [2.05, 4.69) is 11.9 Å². The van der Waals surface area contributed by atoms with Gasteiger partial charge >= 0.3 is 6.18 Å². The molecule has 2 aromatic rings. The Kier molecular flexibility index (Phi) is 5.49. The molecule has 0 radical (unpaired) electrons. The van der Waals surface area contributed by atoms with Gasteiger partial charge in [-0.15, -0.1) is 0 Å². The fraction of sp³-hybridized carbons (Fsp3) is 0.545. The van der Waals surface area contributed by atoms with Gasteiger partial charge in [-0.3, -0.25) is 14.2 Å². The summed E-state index contributed by atoms with van der Waals surface area (Å²) >= 11 is 0. The number of aromatic nitrogens is 2. The van der Waals surface area contributed by atoms with Crippen molar-refractivity contribution in [2.24, 2.45) is 12.0 Å². The number of carbonyl (C=O) groups is 1. The van der Waals surface area contributed by atoms with Crippen molar-refractivity contribution in [3.63, 3.8) is 0 Å². The zero-order valence-electron chi connectivity index (χ0n) is 17.8. The molecule has 0 bridgehead atoms. The summed E-state index contributed by atoms with van der Waals surface area (Å²) in [7, 11) is 3.23. The van der Waals surface area contributed by atoms with Gasteiger partial charge in [-0.1, -0.05) is 6.92 Å². The Morgan fingerprint density at radius 2 is 2.06 bits per heavy atom. The molecular weight excluding hydrogens is 411 g/mol. The van der Waals surface area contributed by atoms with Gasteiger partial charge in [0, 0.05) is 30.8 Å². The number of methoxy groups -OCH3 is 1. The van der Waals surface area contributed by atoms with Crippen molar-refractivity contribution in [2.75, 3.05) is 13.7 Å². The van der Waals surface area contributed by atoms with Gasteiger partial charge in [0.1, 0.15) is 5.75 Å². The van der Waals surface area contributed by atoms with Crippen LogP contribution in [0.4, 0.5) is 13.2 Å². The summed E-state index contributed by atoms with van der Waals surface area (Å²) in [6.07, 6.45) is -0.571. The molecule has 0 spiro atoms. The van der Waals surface area contributed by atoms with Gasteiger partial charge in [0.25, 0.3) is 5.91 Å². The Morgan fingerprint density at radius 1 is 1.32 bits per heavy atom. The largest absolute Gasteiger partial charge is 0.496 e. The summed E-state index contributed by atoms with van der Waals surface area (Å²) in [5.74, 6) is -0.722. The lowest BCUT2D eigenvalue weighted by Crippen LogP contribution is -2.30. The molecule has 1 aromatic carbocycles. The average Bonchev–Trinajstić information content (AvgIpc) is 3.12. The summed E-state index contributed by atoms with van der Waals surface area (Å²) in [6.45, 7) is 3.38. The molecular formula is C22H26F3N3O3. The number of nitrogens with zero attached hydrogens (tertiary/aromatic N) is 3. The van der Waals surface area contributed by atoms with Crippen LogP contribution < -0.4 is 10.2 Å². The molecule has 2 aliphatic rings. The van der Waals surface area contributed by atoms with Crippen molar-refractivity contribution in [3.8, 4) is 5.75 Å². The summed E-state index contributed by atoms with van der Waals surface area (Å²) in [5, 5.41) is 0. The molecule has 1 saturated carbocycles. The van der Waals surface area contributed by atoms with Crippen LogP contribution in [-0.4, -0.2) is 35.1 Å². The molecule has 1 aromatic heterocycles. The van der Waals surface area contributed by atoms with Gasteiger partial charge in [0.2, 0.25) is 0 Å². The Balaban J connectivity index is 1.78. The summed E-state index contributed by atoms with van der Waals surface area (Å²) in [4.78, 5) is 17.2. The minimum absolute atomic E-state index is 0.0191. The van der Waals surface area contributed by atoms with Gasteiger partial charge in [0.05, 0.1) is 30.9 Å². The lowest BCUT2D eigenvalue weighted by Gasteiger charge is -2.17. The molecule has 9 heteroatoms. The minimum Gasteiger partial charge on any atom is -0.496 e. The number of amides is 1. The quantitative estimate of drug-likeness (QED) is 0.715. The Morgan fingerprint density at radius 3 is 2.65 bits per heavy atom. The number of benzene rings is 1. The molecule has 1 saturated heterocycles. The summed E-state index contributed by atoms with van der Waals surface area (Å²) in [6, 6.07) is 4.69. The highest BCUT2D eigenvalue weighted by molar-refractivity contribution is 5.97. The van der Waals surface area contributed by atoms with Gasteiger partial charge < -0.3 is 9.47 Å². The van der Waals surface area contributed by atoms with E-state index in [0.717, 1.165) is 49.6 Å². The standard InChI is InChI=1S/C22H26F3N3O3/c1-21(8-9-21)18-12-19(28(27(18)2)13-15-5-4-10-31-15)26-20(29)16-11-14(22(23,24)25)6-7-17(16)30-3/h6-7,11-12,15H,4-5,8-10,13H2,1-3H3/t15-/m1/s1. The third-order valence-electron chi connectivity index (χ3n) is 6.23. The van der Waals surface area contributed by atoms with Crippen molar-refractivity contribution >= 4 is 5.91 Å². The number of alkyl halides is 3. The number of ether oxygens (including phenoxy) is 2. The van der Waals surface area contributed by atoms with E-state index in [1.165, 1.54) is 7.11 Å². The second kappa shape index (κ2) is 7.85. The van der Waals surface area contributed by atoms with Crippen LogP contribution in [0.15, 0.2) is 29.3 Å². The maximum atomic E-state index is 13.2. The first-order valence-corrected chi connectivity index (χ1v) is 10.4. The monoisotopic (exact) mass is 437 g/mol. The number of rotatable bonds is 5. The number of halogens is 3. The number of hydrogen-bond acceptors (Lipinski definition) is 3. The predicted octanol–water partition coefficient (Wildman–Crippen LogP) is 3.83. The second-order valence-electron chi connectivity index (χ2n) is 8.52. The van der Waals surface area contributed by atoms with E-state index in [4.69, 9.17) is 9.47 Å². The van der Waals surface area contributed by atoms with E-state index in [1.807, 2.05) is 22.5 Å². The summed E-state index contributed by atoms with van der Waals surface area (Å²) in [5.41, 5.74) is 0.346. The molecule has 1 aliphatic carbocycles. The molecule has 1 aliphatic heterocycles. The minimum atomic E-state index is -4.57. The van der Waals surface area contributed by atoms with E-state index in [-0.39, 0.29) is 22.8 Å². The highest BCUT2D eigenvalue weighted by Crippen LogP contribution is 2.47. The van der Waals surface area contributed by atoms with Crippen LogP contribution in [0.2, 0.25) is 0 Å². The highest BCUT2D eigenvalue weighted by Gasteiger charge is 2.42. The van der Waals surface area contributed by atoms with Gasteiger partial charge in [-0.25, -0.2) is 0 Å². The zero-order chi connectivity index (χ0) is 22.4. The third kappa shape index (κ3) is 4.28. The van der Waals surface area contributed by atoms with Gasteiger partial charge in [-0.05, 0) is 43.9 Å². The average molecular weight is 437 g/mol.